The minimum atomic E-state index is -1.97. The zero-order valence-electron chi connectivity index (χ0n) is 6.68. The van der Waals surface area contributed by atoms with Crippen LogP contribution >= 0.6 is 0 Å². The summed E-state index contributed by atoms with van der Waals surface area (Å²) >= 11 is -1.97. The van der Waals surface area contributed by atoms with Crippen molar-refractivity contribution in [3.05, 3.63) is 36.5 Å². The Bertz CT molecular complexity index is 465. The summed E-state index contributed by atoms with van der Waals surface area (Å²) in [4.78, 5) is 4.41. The highest BCUT2D eigenvalue weighted by molar-refractivity contribution is 7.79. The van der Waals surface area contributed by atoms with Crippen LogP contribution in [0.4, 0.5) is 0 Å². The van der Waals surface area contributed by atoms with Crippen LogP contribution in [0.1, 0.15) is 0 Å². The van der Waals surface area contributed by atoms with Crippen molar-refractivity contribution in [2.45, 2.75) is 4.90 Å². The first-order chi connectivity index (χ1) is 6.29. The molecule has 2 aromatic rings. The Hall–Kier alpha value is -1.26. The van der Waals surface area contributed by atoms with Crippen LogP contribution in [-0.2, 0) is 11.1 Å². The van der Waals surface area contributed by atoms with Crippen LogP contribution in [-0.4, -0.2) is 13.7 Å². The summed E-state index contributed by atoms with van der Waals surface area (Å²) in [6.45, 7) is 0. The van der Waals surface area contributed by atoms with E-state index in [9.17, 15) is 4.21 Å². The molecule has 1 aromatic heterocycles. The van der Waals surface area contributed by atoms with E-state index in [4.69, 9.17) is 4.55 Å². The Morgan fingerprint density at radius 3 is 2.77 bits per heavy atom. The molecule has 0 aliphatic rings. The van der Waals surface area contributed by atoms with Crippen molar-refractivity contribution in [3.63, 3.8) is 0 Å². The lowest BCUT2D eigenvalue weighted by Crippen LogP contribution is -1.91. The van der Waals surface area contributed by atoms with Gasteiger partial charge in [0.2, 0.25) is 0 Å². The van der Waals surface area contributed by atoms with Gasteiger partial charge < -0.3 is 4.55 Å². The van der Waals surface area contributed by atoms with Crippen LogP contribution < -0.4 is 0 Å². The molecule has 0 fully saturated rings. The predicted molar refractivity (Wildman–Crippen MR) is 50.8 cm³/mol. The summed E-state index contributed by atoms with van der Waals surface area (Å²) in [7, 11) is 0. The Kier molecular flexibility index (Phi) is 2.08. The van der Waals surface area contributed by atoms with E-state index >= 15 is 0 Å². The summed E-state index contributed by atoms with van der Waals surface area (Å²) in [5.41, 5.74) is 0.589. The Morgan fingerprint density at radius 2 is 2.00 bits per heavy atom. The second-order valence-electron chi connectivity index (χ2n) is 2.58. The van der Waals surface area contributed by atoms with Crippen molar-refractivity contribution in [2.75, 3.05) is 0 Å². The molecule has 1 N–H and O–H groups in total. The predicted octanol–water partition coefficient (Wildman–Crippen LogP) is 1.82. The Labute approximate surface area is 77.7 Å². The number of para-hydroxylation sites is 1. The van der Waals surface area contributed by atoms with Gasteiger partial charge in [0.05, 0.1) is 10.4 Å². The first kappa shape index (κ1) is 8.34. The number of pyridine rings is 1. The molecule has 0 saturated heterocycles. The molecule has 0 aliphatic heterocycles. The highest BCUT2D eigenvalue weighted by Crippen LogP contribution is 2.17. The molecule has 1 atom stereocenters. The van der Waals surface area contributed by atoms with Crippen LogP contribution in [0.25, 0.3) is 10.9 Å². The lowest BCUT2D eigenvalue weighted by atomic mass is 10.2. The van der Waals surface area contributed by atoms with Gasteiger partial charge in [0, 0.05) is 11.6 Å². The second-order valence-corrected chi connectivity index (χ2v) is 3.52. The zero-order valence-corrected chi connectivity index (χ0v) is 7.49. The van der Waals surface area contributed by atoms with E-state index in [1.54, 1.807) is 24.4 Å². The SMILES string of the molecule is O=S(O)c1cccc2cccnc12. The van der Waals surface area contributed by atoms with Crippen LogP contribution in [0.15, 0.2) is 41.4 Å². The monoisotopic (exact) mass is 193 g/mol. The van der Waals surface area contributed by atoms with Crippen molar-refractivity contribution in [1.82, 2.24) is 4.98 Å². The van der Waals surface area contributed by atoms with Gasteiger partial charge in [-0.15, -0.1) is 0 Å². The molecule has 0 saturated carbocycles. The van der Waals surface area contributed by atoms with E-state index in [1.807, 2.05) is 12.1 Å². The molecular formula is C9H7NO2S. The molecule has 0 bridgehead atoms. The molecule has 66 valence electrons. The minimum Gasteiger partial charge on any atom is -0.302 e. The van der Waals surface area contributed by atoms with Crippen molar-refractivity contribution in [3.8, 4) is 0 Å². The molecule has 4 heteroatoms. The molecule has 13 heavy (non-hydrogen) atoms. The van der Waals surface area contributed by atoms with Crippen LogP contribution in [0.2, 0.25) is 0 Å². The largest absolute Gasteiger partial charge is 0.302 e. The summed E-state index contributed by atoms with van der Waals surface area (Å²) in [6, 6.07) is 8.86. The van der Waals surface area contributed by atoms with Gasteiger partial charge in [-0.2, -0.15) is 0 Å². The van der Waals surface area contributed by atoms with Gasteiger partial charge in [-0.1, -0.05) is 18.2 Å². The molecule has 3 nitrogen and oxygen atoms in total. The molecule has 0 spiro atoms. The average molecular weight is 193 g/mol. The zero-order chi connectivity index (χ0) is 9.26. The van der Waals surface area contributed by atoms with Crippen LogP contribution in [0.5, 0.6) is 0 Å². The highest BCUT2D eigenvalue weighted by Gasteiger charge is 2.05. The Balaban J connectivity index is 2.83. The summed E-state index contributed by atoms with van der Waals surface area (Å²) in [5, 5.41) is 0.877. The van der Waals surface area contributed by atoms with E-state index in [1.165, 1.54) is 0 Å². The van der Waals surface area contributed by atoms with E-state index in [0.717, 1.165) is 5.39 Å². The maximum absolute atomic E-state index is 10.9. The number of hydrogen-bond donors (Lipinski definition) is 1. The quantitative estimate of drug-likeness (QED) is 0.703. The average Bonchev–Trinajstić information content (AvgIpc) is 2.17. The molecule has 1 unspecified atom stereocenters. The van der Waals surface area contributed by atoms with Crippen LogP contribution in [0.3, 0.4) is 0 Å². The number of hydrogen-bond acceptors (Lipinski definition) is 2. The highest BCUT2D eigenvalue weighted by atomic mass is 32.2. The van der Waals surface area contributed by atoms with E-state index < -0.39 is 11.1 Å². The van der Waals surface area contributed by atoms with Gasteiger partial charge in [0.1, 0.15) is 0 Å². The van der Waals surface area contributed by atoms with Gasteiger partial charge in [-0.05, 0) is 12.1 Å². The first-order valence-electron chi connectivity index (χ1n) is 3.73. The fraction of sp³-hybridized carbons (Fsp3) is 0. The molecular weight excluding hydrogens is 186 g/mol. The standard InChI is InChI=1S/C9H7NO2S/c11-13(12)8-5-1-3-7-4-2-6-10-9(7)8/h1-6H,(H,11,12). The summed E-state index contributed by atoms with van der Waals surface area (Å²) < 4.78 is 19.8. The van der Waals surface area contributed by atoms with E-state index in [2.05, 4.69) is 4.98 Å². The Morgan fingerprint density at radius 1 is 1.23 bits per heavy atom. The maximum Gasteiger partial charge on any atom is 0.188 e. The maximum atomic E-state index is 10.9. The molecule has 1 aromatic carbocycles. The fourth-order valence-corrected chi connectivity index (χ4v) is 1.75. The topological polar surface area (TPSA) is 50.2 Å². The molecule has 0 aliphatic carbocycles. The van der Waals surface area contributed by atoms with Gasteiger partial charge >= 0.3 is 0 Å². The lowest BCUT2D eigenvalue weighted by Gasteiger charge is -1.99. The molecule has 0 radical (unpaired) electrons. The number of aromatic nitrogens is 1. The molecule has 1 heterocycles. The minimum absolute atomic E-state index is 0.359. The third kappa shape index (κ3) is 1.46. The summed E-state index contributed by atoms with van der Waals surface area (Å²) in [6.07, 6.45) is 1.61. The van der Waals surface area contributed by atoms with Crippen LogP contribution in [0, 0.1) is 0 Å². The lowest BCUT2D eigenvalue weighted by molar-refractivity contribution is 0.565. The van der Waals surface area contributed by atoms with Crippen molar-refractivity contribution in [2.24, 2.45) is 0 Å². The summed E-state index contributed by atoms with van der Waals surface area (Å²) in [5.74, 6) is 0. The third-order valence-electron chi connectivity index (χ3n) is 1.78. The fourth-order valence-electron chi connectivity index (χ4n) is 1.22. The first-order valence-corrected chi connectivity index (χ1v) is 4.84. The van der Waals surface area contributed by atoms with Crippen molar-refractivity contribution in [1.29, 1.82) is 0 Å². The molecule has 2 rings (SSSR count). The number of rotatable bonds is 1. The number of fused-ring (bicyclic) bond motifs is 1. The van der Waals surface area contributed by atoms with Gasteiger partial charge in [-0.25, -0.2) is 4.21 Å². The third-order valence-corrected chi connectivity index (χ3v) is 2.49. The van der Waals surface area contributed by atoms with Crippen molar-refractivity contribution >= 4 is 22.0 Å². The normalized spacial score (nSPS) is 13.0. The smallest absolute Gasteiger partial charge is 0.188 e. The van der Waals surface area contributed by atoms with Gasteiger partial charge in [-0.3, -0.25) is 4.98 Å². The van der Waals surface area contributed by atoms with Crippen molar-refractivity contribution < 1.29 is 8.76 Å². The number of nitrogens with zero attached hydrogens (tertiary/aromatic N) is 1. The van der Waals surface area contributed by atoms with Gasteiger partial charge in [0.25, 0.3) is 0 Å². The second kappa shape index (κ2) is 3.24. The van der Waals surface area contributed by atoms with E-state index in [-0.39, 0.29) is 0 Å². The van der Waals surface area contributed by atoms with E-state index in [0.29, 0.717) is 10.4 Å². The molecule has 0 amide bonds. The van der Waals surface area contributed by atoms with Gasteiger partial charge in [0.15, 0.2) is 11.1 Å². The number of benzene rings is 1.